The van der Waals surface area contributed by atoms with Crippen LogP contribution in [0.2, 0.25) is 0 Å². The van der Waals surface area contributed by atoms with Crippen molar-refractivity contribution in [3.05, 3.63) is 35.4 Å². The highest BCUT2D eigenvalue weighted by molar-refractivity contribution is 8.15. The Morgan fingerprint density at radius 2 is 1.90 bits per heavy atom. The van der Waals surface area contributed by atoms with E-state index in [2.05, 4.69) is 10.3 Å². The third-order valence-corrected chi connectivity index (χ3v) is 8.12. The summed E-state index contributed by atoms with van der Waals surface area (Å²) in [5.74, 6) is -0.195. The fraction of sp³-hybridized carbons (Fsp3) is 0.571. The Morgan fingerprint density at radius 3 is 2.55 bits per heavy atom. The molecule has 2 amide bonds. The molecule has 2 fully saturated rings. The van der Waals surface area contributed by atoms with Crippen LogP contribution in [0.4, 0.5) is 4.79 Å². The largest absolute Gasteiger partial charge is 0.444 e. The first-order chi connectivity index (χ1) is 14.4. The Labute approximate surface area is 187 Å². The Kier molecular flexibility index (Phi) is 7.00. The van der Waals surface area contributed by atoms with Crippen molar-refractivity contribution in [2.24, 2.45) is 4.99 Å². The van der Waals surface area contributed by atoms with Crippen molar-refractivity contribution >= 4 is 38.8 Å². The van der Waals surface area contributed by atoms with Crippen molar-refractivity contribution in [1.82, 2.24) is 10.2 Å². The summed E-state index contributed by atoms with van der Waals surface area (Å²) in [6.07, 6.45) is -0.543. The molecule has 8 nitrogen and oxygen atoms in total. The number of fused-ring (bicyclic) bond motifs is 1. The normalized spacial score (nSPS) is 23.6. The molecular weight excluding hydrogens is 438 g/mol. The lowest BCUT2D eigenvalue weighted by atomic mass is 10.1. The van der Waals surface area contributed by atoms with Gasteiger partial charge in [0, 0.05) is 24.8 Å². The highest BCUT2D eigenvalue weighted by Crippen LogP contribution is 2.39. The number of nitrogens with one attached hydrogen (secondary N) is 1. The van der Waals surface area contributed by atoms with Crippen molar-refractivity contribution < 1.29 is 22.7 Å². The zero-order valence-corrected chi connectivity index (χ0v) is 19.9. The second kappa shape index (κ2) is 9.20. The van der Waals surface area contributed by atoms with Crippen LogP contribution in [0.5, 0.6) is 0 Å². The van der Waals surface area contributed by atoms with E-state index in [1.54, 1.807) is 20.8 Å². The molecule has 31 heavy (non-hydrogen) atoms. The maximum Gasteiger partial charge on any atom is 0.407 e. The second-order valence-corrected chi connectivity index (χ2v) is 12.2. The first kappa shape index (κ1) is 23.6. The number of ether oxygens (including phenoxy) is 1. The van der Waals surface area contributed by atoms with Crippen molar-refractivity contribution in [2.45, 2.75) is 57.6 Å². The first-order valence-corrected chi connectivity index (χ1v) is 12.9. The molecule has 1 aromatic rings. The fourth-order valence-corrected chi connectivity index (χ4v) is 7.43. The van der Waals surface area contributed by atoms with Crippen LogP contribution < -0.4 is 5.32 Å². The molecule has 10 heteroatoms. The van der Waals surface area contributed by atoms with Crippen molar-refractivity contribution in [3.8, 4) is 0 Å². The number of alkyl carbamates (subject to hydrolysis) is 1. The third kappa shape index (κ3) is 6.70. The van der Waals surface area contributed by atoms with E-state index in [0.29, 0.717) is 11.7 Å². The molecule has 0 unspecified atom stereocenters. The monoisotopic (exact) mass is 467 g/mol. The number of nitrogens with zero attached hydrogens (tertiary/aromatic N) is 2. The van der Waals surface area contributed by atoms with E-state index in [9.17, 15) is 18.0 Å². The van der Waals surface area contributed by atoms with Gasteiger partial charge in [0.1, 0.15) is 5.60 Å². The number of amidine groups is 1. The van der Waals surface area contributed by atoms with E-state index in [1.807, 2.05) is 36.1 Å². The molecule has 3 rings (SSSR count). The average Bonchev–Trinajstić information content (AvgIpc) is 3.07. The number of carbonyl (C=O) groups excluding carboxylic acids is 2. The minimum absolute atomic E-state index is 0.0370. The summed E-state index contributed by atoms with van der Waals surface area (Å²) in [5.41, 5.74) is 1.56. The number of benzene rings is 1. The molecule has 0 aliphatic carbocycles. The zero-order valence-electron chi connectivity index (χ0n) is 18.3. The molecule has 1 N–H and O–H groups in total. The Bertz CT molecular complexity index is 968. The number of aliphatic imine (C=N–C) groups is 1. The summed E-state index contributed by atoms with van der Waals surface area (Å²) < 4.78 is 29.4. The predicted molar refractivity (Wildman–Crippen MR) is 122 cm³/mol. The highest BCUT2D eigenvalue weighted by Gasteiger charge is 2.48. The molecule has 2 aliphatic heterocycles. The Balaban J connectivity index is 1.66. The third-order valence-electron chi connectivity index (χ3n) is 4.88. The number of amides is 2. The van der Waals surface area contributed by atoms with Crippen LogP contribution in [0.1, 0.15) is 38.3 Å². The molecule has 0 bridgehead atoms. The molecule has 1 aromatic carbocycles. The lowest BCUT2D eigenvalue weighted by Crippen LogP contribution is -2.37. The number of hydrogen-bond donors (Lipinski definition) is 1. The van der Waals surface area contributed by atoms with Crippen LogP contribution in [-0.4, -0.2) is 65.4 Å². The average molecular weight is 468 g/mol. The van der Waals surface area contributed by atoms with Crippen molar-refractivity contribution in [3.63, 3.8) is 0 Å². The quantitative estimate of drug-likeness (QED) is 0.709. The molecule has 2 heterocycles. The second-order valence-electron chi connectivity index (χ2n) is 8.88. The summed E-state index contributed by atoms with van der Waals surface area (Å²) in [4.78, 5) is 30.3. The van der Waals surface area contributed by atoms with Gasteiger partial charge < -0.3 is 15.0 Å². The summed E-state index contributed by atoms with van der Waals surface area (Å²) in [6.45, 7) is 7.91. The molecule has 170 valence electrons. The Hall–Kier alpha value is -2.07. The summed E-state index contributed by atoms with van der Waals surface area (Å²) >= 11 is 1.35. The Morgan fingerprint density at radius 1 is 1.23 bits per heavy atom. The van der Waals surface area contributed by atoms with Crippen LogP contribution in [-0.2, 0) is 25.9 Å². The number of aryl methyl sites for hydroxylation is 1. The molecule has 0 radical (unpaired) electrons. The summed E-state index contributed by atoms with van der Waals surface area (Å²) in [7, 11) is -3.09. The van der Waals surface area contributed by atoms with Crippen LogP contribution in [0.25, 0.3) is 0 Å². The topological polar surface area (TPSA) is 105 Å². The SMILES string of the molecule is Cc1ccc(CN2C(=NC(=O)CCNC(=O)OC(C)(C)C)S[C@@H]3CS(=O)(=O)C[C@@H]32)cc1. The minimum Gasteiger partial charge on any atom is -0.444 e. The van der Waals surface area contributed by atoms with Gasteiger partial charge in [-0.1, -0.05) is 41.6 Å². The van der Waals surface area contributed by atoms with Crippen molar-refractivity contribution in [2.75, 3.05) is 18.1 Å². The van der Waals surface area contributed by atoms with Crippen LogP contribution >= 0.6 is 11.8 Å². The van der Waals surface area contributed by atoms with Crippen LogP contribution in [0.3, 0.4) is 0 Å². The van der Waals surface area contributed by atoms with Gasteiger partial charge in [0.15, 0.2) is 15.0 Å². The van der Waals surface area contributed by atoms with Gasteiger partial charge in [0.2, 0.25) is 5.91 Å². The molecule has 0 aromatic heterocycles. The van der Waals surface area contributed by atoms with Gasteiger partial charge in [0.05, 0.1) is 17.5 Å². The maximum atomic E-state index is 12.4. The number of rotatable bonds is 5. The van der Waals surface area contributed by atoms with E-state index in [0.717, 1.165) is 11.1 Å². The number of hydrogen-bond acceptors (Lipinski definition) is 6. The van der Waals surface area contributed by atoms with Crippen LogP contribution in [0, 0.1) is 6.92 Å². The van der Waals surface area contributed by atoms with E-state index < -0.39 is 21.5 Å². The summed E-state index contributed by atoms with van der Waals surface area (Å²) in [6, 6.07) is 7.82. The zero-order chi connectivity index (χ0) is 22.8. The molecular formula is C21H29N3O5S2. The van der Waals surface area contributed by atoms with Crippen LogP contribution in [0.15, 0.2) is 29.3 Å². The molecule has 2 saturated heterocycles. The summed E-state index contributed by atoms with van der Waals surface area (Å²) in [5, 5.41) is 2.98. The van der Waals surface area contributed by atoms with E-state index in [4.69, 9.17) is 4.74 Å². The van der Waals surface area contributed by atoms with Gasteiger partial charge >= 0.3 is 6.09 Å². The van der Waals surface area contributed by atoms with Gasteiger partial charge in [-0.25, -0.2) is 13.2 Å². The van der Waals surface area contributed by atoms with E-state index in [-0.39, 0.29) is 41.7 Å². The number of sulfone groups is 1. The smallest absolute Gasteiger partial charge is 0.407 e. The van der Waals surface area contributed by atoms with Gasteiger partial charge in [-0.2, -0.15) is 4.99 Å². The molecule has 0 spiro atoms. The van der Waals surface area contributed by atoms with Gasteiger partial charge in [-0.15, -0.1) is 0 Å². The lowest BCUT2D eigenvalue weighted by molar-refractivity contribution is -0.117. The minimum atomic E-state index is -3.09. The van der Waals surface area contributed by atoms with Gasteiger partial charge in [0.25, 0.3) is 0 Å². The molecule has 0 saturated carbocycles. The first-order valence-electron chi connectivity index (χ1n) is 10.2. The lowest BCUT2D eigenvalue weighted by Gasteiger charge is -2.24. The standard InChI is InChI=1S/C21H29N3O5S2/c1-14-5-7-15(8-6-14)11-24-16-12-31(27,28)13-17(16)30-19(24)23-18(25)9-10-22-20(26)29-21(2,3)4/h5-8,16-17H,9-13H2,1-4H3,(H,22,26)/t16-,17+/m0/s1. The van der Waals surface area contributed by atoms with Gasteiger partial charge in [-0.3, -0.25) is 4.79 Å². The molecule has 2 aliphatic rings. The van der Waals surface area contributed by atoms with E-state index >= 15 is 0 Å². The van der Waals surface area contributed by atoms with Crippen molar-refractivity contribution in [1.29, 1.82) is 0 Å². The fourth-order valence-electron chi connectivity index (χ4n) is 3.46. The molecule has 2 atom stereocenters. The van der Waals surface area contributed by atoms with E-state index in [1.165, 1.54) is 11.8 Å². The van der Waals surface area contributed by atoms with Gasteiger partial charge in [-0.05, 0) is 33.3 Å². The maximum absolute atomic E-state index is 12.4. The predicted octanol–water partition coefficient (Wildman–Crippen LogP) is 2.51. The number of thioether (sulfide) groups is 1. The highest BCUT2D eigenvalue weighted by atomic mass is 32.2. The number of carbonyl (C=O) groups is 2.